The quantitative estimate of drug-likeness (QED) is 0.139. The first-order chi connectivity index (χ1) is 25.5. The molecule has 13 atom stereocenters. The molecule has 54 heavy (non-hydrogen) atoms. The molecule has 1 amide bonds. The largest absolute Gasteiger partial charge is 0.457 e. The van der Waals surface area contributed by atoms with Crippen LogP contribution in [0.1, 0.15) is 55.7 Å². The van der Waals surface area contributed by atoms with Crippen LogP contribution in [0, 0.1) is 41.4 Å². The van der Waals surface area contributed by atoms with Gasteiger partial charge in [0.1, 0.15) is 24.0 Å². The van der Waals surface area contributed by atoms with Gasteiger partial charge in [0.2, 0.25) is 0 Å². The third kappa shape index (κ3) is 6.97. The van der Waals surface area contributed by atoms with Crippen molar-refractivity contribution in [1.29, 1.82) is 0 Å². The molecule has 4 unspecified atom stereocenters. The monoisotopic (exact) mass is 758 g/mol. The zero-order valence-electron chi connectivity index (χ0n) is 30.4. The molecule has 12 nitrogen and oxygen atoms in total. The van der Waals surface area contributed by atoms with E-state index in [-0.39, 0.29) is 29.5 Å². The lowest BCUT2D eigenvalue weighted by Gasteiger charge is -2.61. The molecule has 0 bridgehead atoms. The van der Waals surface area contributed by atoms with Crippen LogP contribution in [0.4, 0.5) is 13.2 Å². The minimum absolute atomic E-state index is 0.00207. The number of fused-ring (bicyclic) bond motifs is 6. The summed E-state index contributed by atoms with van der Waals surface area (Å²) in [6.07, 6.45) is -2.63. The standard InChI is InChI=1S/C39H45F3N2O10/c1-18-15-19(2)38(50)23(12-13-24-28-29(30(24)38)31(45)20(3)33(28)54-35(47)26-11-8-14-43-26)16-27(51-5)36(48)53-32(18)21(4)52-37(49)34(46)44-17-22-9-6-7-10-25(22)39(40,41)42/h6-15,18,20-21,23-24,27-33,43,45,50H,16-17H2,1-5H3,(H,44,46)/b19-15+/t18-,20-,21-,23?,24?,27+,28+,29?,30?,31-,32+,33-,38+/m1/s1. The van der Waals surface area contributed by atoms with Crippen molar-refractivity contribution >= 4 is 23.8 Å². The van der Waals surface area contributed by atoms with Gasteiger partial charge in [-0.25, -0.2) is 14.4 Å². The lowest BCUT2D eigenvalue weighted by Crippen LogP contribution is -2.65. The number of carbonyl (C=O) groups is 4. The minimum Gasteiger partial charge on any atom is -0.457 e. The van der Waals surface area contributed by atoms with Gasteiger partial charge in [0.25, 0.3) is 0 Å². The van der Waals surface area contributed by atoms with Gasteiger partial charge in [-0.1, -0.05) is 50.3 Å². The number of rotatable bonds is 7. The number of ether oxygens (including phenoxy) is 4. The summed E-state index contributed by atoms with van der Waals surface area (Å²) in [5.41, 5.74) is -1.99. The Morgan fingerprint density at radius 1 is 1.11 bits per heavy atom. The predicted octanol–water partition coefficient (Wildman–Crippen LogP) is 4.13. The molecule has 4 N–H and O–H groups in total. The molecule has 1 aliphatic heterocycles. The molecular formula is C39H45F3N2O10. The number of H-pyrrole nitrogens is 1. The molecule has 0 radical (unpaired) electrons. The fraction of sp³-hybridized carbons (Fsp3) is 0.538. The number of aromatic nitrogens is 1. The molecule has 1 aromatic heterocycles. The Bertz CT molecular complexity index is 1810. The summed E-state index contributed by atoms with van der Waals surface area (Å²) in [7, 11) is 1.32. The van der Waals surface area contributed by atoms with E-state index in [1.165, 1.54) is 32.2 Å². The molecule has 2 saturated carbocycles. The molecule has 0 saturated heterocycles. The van der Waals surface area contributed by atoms with Crippen LogP contribution < -0.4 is 5.32 Å². The molecule has 6 rings (SSSR count). The molecule has 0 spiro atoms. The van der Waals surface area contributed by atoms with Crippen molar-refractivity contribution in [2.24, 2.45) is 41.4 Å². The first-order valence-electron chi connectivity index (χ1n) is 18.0. The van der Waals surface area contributed by atoms with Crippen molar-refractivity contribution in [3.63, 3.8) is 0 Å². The maximum atomic E-state index is 13.6. The molecule has 4 aliphatic rings. The van der Waals surface area contributed by atoms with Gasteiger partial charge in [-0.3, -0.25) is 4.79 Å². The van der Waals surface area contributed by atoms with E-state index >= 15 is 0 Å². The van der Waals surface area contributed by atoms with Crippen LogP contribution in [0.5, 0.6) is 0 Å². The summed E-state index contributed by atoms with van der Waals surface area (Å²) in [4.78, 5) is 54.9. The Labute approximate surface area is 310 Å². The highest BCUT2D eigenvalue weighted by Crippen LogP contribution is 2.66. The number of alkyl halides is 3. The SMILES string of the molecule is CO[C@H]1CC2C=CC3C(C4[C@H]3[C@H](OC(=O)c3ccc[nH]3)[C@H](C)[C@H]4O)[C@]2(O)/C(C)=C/[C@@H](C)[C@@H]([C@@H](C)OC(=O)C(=O)NCc2ccccc2C(F)(F)F)OC1=O. The van der Waals surface area contributed by atoms with Crippen LogP contribution >= 0.6 is 0 Å². The number of hydrogen-bond donors (Lipinski definition) is 4. The fourth-order valence-corrected chi connectivity index (χ4v) is 9.23. The number of esters is 3. The van der Waals surface area contributed by atoms with E-state index in [4.69, 9.17) is 18.9 Å². The summed E-state index contributed by atoms with van der Waals surface area (Å²) in [6, 6.07) is 7.91. The number of amides is 1. The first kappa shape index (κ1) is 39.2. The highest BCUT2D eigenvalue weighted by atomic mass is 19.4. The van der Waals surface area contributed by atoms with Gasteiger partial charge in [0, 0.05) is 49.4 Å². The number of carbonyl (C=O) groups excluding carboxylic acids is 4. The van der Waals surface area contributed by atoms with Crippen molar-refractivity contribution in [1.82, 2.24) is 10.3 Å². The Morgan fingerprint density at radius 3 is 2.50 bits per heavy atom. The number of hydrogen-bond acceptors (Lipinski definition) is 10. The summed E-state index contributed by atoms with van der Waals surface area (Å²) in [5, 5.41) is 26.6. The maximum absolute atomic E-state index is 13.6. The van der Waals surface area contributed by atoms with Gasteiger partial charge in [-0.2, -0.15) is 13.2 Å². The zero-order valence-corrected chi connectivity index (χ0v) is 30.4. The van der Waals surface area contributed by atoms with Gasteiger partial charge in [0.05, 0.1) is 17.3 Å². The van der Waals surface area contributed by atoms with Crippen molar-refractivity contribution in [3.8, 4) is 0 Å². The highest BCUT2D eigenvalue weighted by molar-refractivity contribution is 6.32. The summed E-state index contributed by atoms with van der Waals surface area (Å²) < 4.78 is 63.0. The Hall–Kier alpha value is -4.47. The van der Waals surface area contributed by atoms with Crippen molar-refractivity contribution in [3.05, 3.63) is 83.2 Å². The fourth-order valence-electron chi connectivity index (χ4n) is 9.23. The number of aromatic amines is 1. The number of allylic oxidation sites excluding steroid dienone is 1. The third-order valence-electron chi connectivity index (χ3n) is 11.9. The smallest absolute Gasteiger partial charge is 0.416 e. The normalized spacial score (nSPS) is 36.1. The average Bonchev–Trinajstić information content (AvgIpc) is 3.72. The molecule has 292 valence electrons. The molecule has 1 aromatic carbocycles. The van der Waals surface area contributed by atoms with Gasteiger partial charge in [-0.05, 0) is 61.4 Å². The van der Waals surface area contributed by atoms with Gasteiger partial charge >= 0.3 is 30.0 Å². The molecule has 2 heterocycles. The van der Waals surface area contributed by atoms with Gasteiger partial charge in [0.15, 0.2) is 6.10 Å². The van der Waals surface area contributed by atoms with Crippen LogP contribution in [-0.4, -0.2) is 82.2 Å². The van der Waals surface area contributed by atoms with E-state index in [0.29, 0.717) is 5.57 Å². The van der Waals surface area contributed by atoms with Crippen molar-refractivity contribution in [2.75, 3.05) is 7.11 Å². The molecule has 2 aromatic rings. The average molecular weight is 759 g/mol. The van der Waals surface area contributed by atoms with Crippen LogP contribution in [0.3, 0.4) is 0 Å². The number of methoxy groups -OCH3 is 1. The van der Waals surface area contributed by atoms with Crippen LogP contribution in [0.25, 0.3) is 0 Å². The lowest BCUT2D eigenvalue weighted by atomic mass is 9.46. The van der Waals surface area contributed by atoms with E-state index < -0.39 is 108 Å². The minimum atomic E-state index is -4.67. The van der Waals surface area contributed by atoms with Crippen LogP contribution in [-0.2, 0) is 46.1 Å². The number of nitrogens with one attached hydrogen (secondary N) is 2. The predicted molar refractivity (Wildman–Crippen MR) is 184 cm³/mol. The molecular weight excluding hydrogens is 713 g/mol. The van der Waals surface area contributed by atoms with E-state index in [1.807, 2.05) is 19.1 Å². The second kappa shape index (κ2) is 15.0. The third-order valence-corrected chi connectivity index (χ3v) is 11.9. The van der Waals surface area contributed by atoms with Crippen molar-refractivity contribution in [2.45, 2.75) is 83.0 Å². The van der Waals surface area contributed by atoms with Gasteiger partial charge < -0.3 is 39.5 Å². The summed E-state index contributed by atoms with van der Waals surface area (Å²) in [6.45, 7) is 6.06. The maximum Gasteiger partial charge on any atom is 0.416 e. The molecule has 3 aliphatic carbocycles. The number of cyclic esters (lactones) is 1. The second-order valence-corrected chi connectivity index (χ2v) is 14.9. The van der Waals surface area contributed by atoms with Crippen LogP contribution in [0.15, 0.2) is 66.4 Å². The number of benzene rings is 1. The highest BCUT2D eigenvalue weighted by Gasteiger charge is 2.71. The Kier molecular flexibility index (Phi) is 10.9. The first-order valence-corrected chi connectivity index (χ1v) is 18.0. The van der Waals surface area contributed by atoms with Crippen molar-refractivity contribution < 1.29 is 61.5 Å². The number of aliphatic hydroxyl groups excluding tert-OH is 1. The van der Waals surface area contributed by atoms with Gasteiger partial charge in [-0.15, -0.1) is 0 Å². The van der Waals surface area contributed by atoms with Crippen LogP contribution in [0.2, 0.25) is 0 Å². The van der Waals surface area contributed by atoms with E-state index in [9.17, 15) is 42.6 Å². The zero-order chi connectivity index (χ0) is 39.3. The lowest BCUT2D eigenvalue weighted by molar-refractivity contribution is -0.189. The van der Waals surface area contributed by atoms with E-state index in [0.717, 1.165) is 6.07 Å². The Morgan fingerprint density at radius 2 is 1.83 bits per heavy atom. The Balaban J connectivity index is 1.22. The molecule has 15 heteroatoms. The van der Waals surface area contributed by atoms with E-state index in [1.54, 1.807) is 38.3 Å². The molecule has 2 fully saturated rings. The topological polar surface area (TPSA) is 173 Å². The number of aliphatic hydroxyl groups is 2. The number of halogens is 3. The summed E-state index contributed by atoms with van der Waals surface area (Å²) >= 11 is 0. The second-order valence-electron chi connectivity index (χ2n) is 14.9. The summed E-state index contributed by atoms with van der Waals surface area (Å²) in [5.74, 6) is -7.31. The van der Waals surface area contributed by atoms with E-state index in [2.05, 4.69) is 10.3 Å².